The molecule has 1 aromatic carbocycles. The Labute approximate surface area is 133 Å². The van der Waals surface area contributed by atoms with Gasteiger partial charge >= 0.3 is 5.97 Å². The molecule has 1 unspecified atom stereocenters. The SMILES string of the molecule is CC(=O)NC(Cc1c[nH]c2ccccc12)C(=O)NCCC(=O)O. The molecular formula is C16H19N3O4. The van der Waals surface area contributed by atoms with Crippen LogP contribution in [0, 0.1) is 0 Å². The van der Waals surface area contributed by atoms with Crippen molar-refractivity contribution in [2.24, 2.45) is 0 Å². The molecule has 23 heavy (non-hydrogen) atoms. The highest BCUT2D eigenvalue weighted by atomic mass is 16.4. The summed E-state index contributed by atoms with van der Waals surface area (Å²) in [6.45, 7) is 1.37. The molecule has 122 valence electrons. The van der Waals surface area contributed by atoms with E-state index >= 15 is 0 Å². The summed E-state index contributed by atoms with van der Waals surface area (Å²) in [6, 6.07) is 6.93. The van der Waals surface area contributed by atoms with Crippen LogP contribution in [-0.4, -0.2) is 40.5 Å². The first-order chi connectivity index (χ1) is 11.0. The molecule has 2 rings (SSSR count). The fourth-order valence-electron chi connectivity index (χ4n) is 2.39. The van der Waals surface area contributed by atoms with Crippen LogP contribution in [0.2, 0.25) is 0 Å². The van der Waals surface area contributed by atoms with Crippen molar-refractivity contribution in [3.63, 3.8) is 0 Å². The van der Waals surface area contributed by atoms with Crippen molar-refractivity contribution in [2.75, 3.05) is 6.54 Å². The second kappa shape index (κ2) is 7.44. The number of carbonyl (C=O) groups excluding carboxylic acids is 2. The van der Waals surface area contributed by atoms with Crippen molar-refractivity contribution in [1.82, 2.24) is 15.6 Å². The molecule has 0 spiro atoms. The lowest BCUT2D eigenvalue weighted by Gasteiger charge is -2.17. The molecule has 1 heterocycles. The molecule has 2 aromatic rings. The molecule has 0 saturated heterocycles. The number of amides is 2. The standard InChI is InChI=1S/C16H19N3O4/c1-10(20)19-14(16(23)17-7-6-15(21)22)8-11-9-18-13-5-3-2-4-12(11)13/h2-5,9,14,18H,6-8H2,1H3,(H,17,23)(H,19,20)(H,21,22). The number of fused-ring (bicyclic) bond motifs is 1. The molecule has 0 saturated carbocycles. The molecule has 1 atom stereocenters. The number of hydrogen-bond donors (Lipinski definition) is 4. The lowest BCUT2D eigenvalue weighted by molar-refractivity contribution is -0.137. The van der Waals surface area contributed by atoms with Gasteiger partial charge in [0.05, 0.1) is 6.42 Å². The number of H-pyrrole nitrogens is 1. The van der Waals surface area contributed by atoms with E-state index in [0.29, 0.717) is 6.42 Å². The minimum atomic E-state index is -0.988. The third-order valence-corrected chi connectivity index (χ3v) is 3.43. The molecule has 4 N–H and O–H groups in total. The second-order valence-corrected chi connectivity index (χ2v) is 5.25. The molecule has 0 fully saturated rings. The quantitative estimate of drug-likeness (QED) is 0.605. The predicted molar refractivity (Wildman–Crippen MR) is 84.9 cm³/mol. The van der Waals surface area contributed by atoms with Crippen molar-refractivity contribution in [3.05, 3.63) is 36.0 Å². The van der Waals surface area contributed by atoms with Gasteiger partial charge in [-0.3, -0.25) is 14.4 Å². The van der Waals surface area contributed by atoms with Crippen LogP contribution in [-0.2, 0) is 20.8 Å². The summed E-state index contributed by atoms with van der Waals surface area (Å²) >= 11 is 0. The zero-order valence-corrected chi connectivity index (χ0v) is 12.8. The largest absolute Gasteiger partial charge is 0.481 e. The number of aliphatic carboxylic acids is 1. The van der Waals surface area contributed by atoms with Gasteiger partial charge in [0.2, 0.25) is 11.8 Å². The first-order valence-electron chi connectivity index (χ1n) is 7.29. The maximum absolute atomic E-state index is 12.2. The Morgan fingerprint density at radius 3 is 2.70 bits per heavy atom. The highest BCUT2D eigenvalue weighted by Gasteiger charge is 2.21. The summed E-state index contributed by atoms with van der Waals surface area (Å²) < 4.78 is 0. The number of aromatic amines is 1. The van der Waals surface area contributed by atoms with Gasteiger partial charge in [-0.2, -0.15) is 0 Å². The van der Waals surface area contributed by atoms with E-state index < -0.39 is 17.9 Å². The maximum atomic E-state index is 12.2. The highest BCUT2D eigenvalue weighted by Crippen LogP contribution is 2.19. The van der Waals surface area contributed by atoms with Crippen LogP contribution in [0.1, 0.15) is 18.9 Å². The number of benzene rings is 1. The molecule has 0 aliphatic carbocycles. The number of carbonyl (C=O) groups is 3. The fraction of sp³-hybridized carbons (Fsp3) is 0.312. The molecular weight excluding hydrogens is 298 g/mol. The van der Waals surface area contributed by atoms with Crippen LogP contribution < -0.4 is 10.6 Å². The Balaban J connectivity index is 2.10. The van der Waals surface area contributed by atoms with Gasteiger partial charge in [-0.1, -0.05) is 18.2 Å². The van der Waals surface area contributed by atoms with E-state index in [1.54, 1.807) is 0 Å². The molecule has 1 aromatic heterocycles. The van der Waals surface area contributed by atoms with Gasteiger partial charge in [0.25, 0.3) is 0 Å². The third kappa shape index (κ3) is 4.57. The van der Waals surface area contributed by atoms with Crippen molar-refractivity contribution in [2.45, 2.75) is 25.8 Å². The number of carboxylic acid groups (broad SMARTS) is 1. The number of hydrogen-bond acceptors (Lipinski definition) is 3. The van der Waals surface area contributed by atoms with Gasteiger partial charge in [0, 0.05) is 37.0 Å². The van der Waals surface area contributed by atoms with Crippen LogP contribution in [0.3, 0.4) is 0 Å². The van der Waals surface area contributed by atoms with Gasteiger partial charge < -0.3 is 20.7 Å². The molecule has 0 radical (unpaired) electrons. The van der Waals surface area contributed by atoms with Crippen molar-refractivity contribution < 1.29 is 19.5 Å². The lowest BCUT2D eigenvalue weighted by atomic mass is 10.0. The Morgan fingerprint density at radius 1 is 1.26 bits per heavy atom. The molecule has 0 bridgehead atoms. The van der Waals surface area contributed by atoms with E-state index in [0.717, 1.165) is 16.5 Å². The van der Waals surface area contributed by atoms with Gasteiger partial charge in [-0.25, -0.2) is 0 Å². The molecule has 0 aliphatic heterocycles. The normalized spacial score (nSPS) is 11.9. The van der Waals surface area contributed by atoms with E-state index in [4.69, 9.17) is 5.11 Å². The fourth-order valence-corrected chi connectivity index (χ4v) is 2.39. The van der Waals surface area contributed by atoms with Crippen molar-refractivity contribution in [1.29, 1.82) is 0 Å². The topological polar surface area (TPSA) is 111 Å². The number of nitrogens with one attached hydrogen (secondary N) is 3. The number of aromatic nitrogens is 1. The Hall–Kier alpha value is -2.83. The second-order valence-electron chi connectivity index (χ2n) is 5.25. The average molecular weight is 317 g/mol. The van der Waals surface area contributed by atoms with Crippen LogP contribution in [0.25, 0.3) is 10.9 Å². The van der Waals surface area contributed by atoms with E-state index in [-0.39, 0.29) is 18.9 Å². The van der Waals surface area contributed by atoms with E-state index in [1.807, 2.05) is 30.5 Å². The van der Waals surface area contributed by atoms with E-state index in [2.05, 4.69) is 15.6 Å². The number of carboxylic acids is 1. The summed E-state index contributed by atoms with van der Waals surface area (Å²) in [4.78, 5) is 37.2. The predicted octanol–water partition coefficient (Wildman–Crippen LogP) is 0.806. The average Bonchev–Trinajstić information content (AvgIpc) is 2.89. The Morgan fingerprint density at radius 2 is 2.00 bits per heavy atom. The summed E-state index contributed by atoms with van der Waals surface area (Å²) in [5, 5.41) is 14.7. The number of rotatable bonds is 7. The smallest absolute Gasteiger partial charge is 0.305 e. The summed E-state index contributed by atoms with van der Waals surface area (Å²) in [5.74, 6) is -1.70. The first-order valence-corrected chi connectivity index (χ1v) is 7.29. The molecule has 7 nitrogen and oxygen atoms in total. The van der Waals surface area contributed by atoms with Gasteiger partial charge in [-0.05, 0) is 11.6 Å². The van der Waals surface area contributed by atoms with Crippen molar-refractivity contribution in [3.8, 4) is 0 Å². The van der Waals surface area contributed by atoms with Crippen LogP contribution in [0.15, 0.2) is 30.5 Å². The zero-order chi connectivity index (χ0) is 16.8. The third-order valence-electron chi connectivity index (χ3n) is 3.43. The minimum Gasteiger partial charge on any atom is -0.481 e. The van der Waals surface area contributed by atoms with Crippen LogP contribution in [0.5, 0.6) is 0 Å². The number of para-hydroxylation sites is 1. The van der Waals surface area contributed by atoms with Crippen LogP contribution in [0.4, 0.5) is 0 Å². The van der Waals surface area contributed by atoms with Crippen molar-refractivity contribution >= 4 is 28.7 Å². The monoisotopic (exact) mass is 317 g/mol. The van der Waals surface area contributed by atoms with E-state index in [9.17, 15) is 14.4 Å². The summed E-state index contributed by atoms with van der Waals surface area (Å²) in [7, 11) is 0. The van der Waals surface area contributed by atoms with Gasteiger partial charge in [0.15, 0.2) is 0 Å². The molecule has 7 heteroatoms. The van der Waals surface area contributed by atoms with Gasteiger partial charge in [-0.15, -0.1) is 0 Å². The van der Waals surface area contributed by atoms with Gasteiger partial charge in [0.1, 0.15) is 6.04 Å². The first kappa shape index (κ1) is 16.5. The Kier molecular flexibility index (Phi) is 5.35. The molecule has 2 amide bonds. The lowest BCUT2D eigenvalue weighted by Crippen LogP contribution is -2.47. The summed E-state index contributed by atoms with van der Waals surface area (Å²) in [6.07, 6.45) is 1.97. The summed E-state index contributed by atoms with van der Waals surface area (Å²) in [5.41, 5.74) is 1.86. The zero-order valence-electron chi connectivity index (χ0n) is 12.8. The highest BCUT2D eigenvalue weighted by molar-refractivity contribution is 5.89. The van der Waals surface area contributed by atoms with E-state index in [1.165, 1.54) is 6.92 Å². The minimum absolute atomic E-state index is 0.0259. The molecule has 0 aliphatic rings. The Bertz CT molecular complexity index is 723. The van der Waals surface area contributed by atoms with Crippen LogP contribution >= 0.6 is 0 Å². The maximum Gasteiger partial charge on any atom is 0.305 e.